The second kappa shape index (κ2) is 11.7. The second-order valence-corrected chi connectivity index (χ2v) is 6.75. The van der Waals surface area contributed by atoms with Crippen LogP contribution in [0.3, 0.4) is 0 Å². The van der Waals surface area contributed by atoms with Gasteiger partial charge in [0.25, 0.3) is 5.91 Å². The van der Waals surface area contributed by atoms with Crippen molar-refractivity contribution in [3.8, 4) is 0 Å². The monoisotopic (exact) mass is 433 g/mol. The van der Waals surface area contributed by atoms with E-state index in [9.17, 15) is 24.0 Å². The van der Waals surface area contributed by atoms with Gasteiger partial charge in [-0.2, -0.15) is 0 Å². The zero-order valence-corrected chi connectivity index (χ0v) is 17.6. The van der Waals surface area contributed by atoms with Crippen molar-refractivity contribution in [3.05, 3.63) is 29.8 Å². The van der Waals surface area contributed by atoms with Gasteiger partial charge in [0.15, 0.2) is 0 Å². The van der Waals surface area contributed by atoms with Crippen LogP contribution in [0, 0.1) is 0 Å². The number of amides is 3. The molecule has 168 valence electrons. The van der Waals surface area contributed by atoms with Crippen LogP contribution >= 0.6 is 0 Å². The van der Waals surface area contributed by atoms with Crippen molar-refractivity contribution in [1.29, 1.82) is 0 Å². The quantitative estimate of drug-likeness (QED) is 0.393. The third kappa shape index (κ3) is 7.09. The summed E-state index contributed by atoms with van der Waals surface area (Å²) >= 11 is 0. The number of anilines is 1. The lowest BCUT2D eigenvalue weighted by molar-refractivity contribution is -0.147. The Morgan fingerprint density at radius 3 is 2.19 bits per heavy atom. The van der Waals surface area contributed by atoms with Crippen LogP contribution in [-0.4, -0.2) is 60.5 Å². The van der Waals surface area contributed by atoms with Gasteiger partial charge in [-0.1, -0.05) is 0 Å². The normalized spacial score (nSPS) is 14.2. The third-order valence-corrected chi connectivity index (χ3v) is 4.56. The van der Waals surface area contributed by atoms with Crippen LogP contribution in [0.4, 0.5) is 5.69 Å². The molecule has 0 radical (unpaired) electrons. The lowest BCUT2D eigenvalue weighted by Crippen LogP contribution is -2.42. The van der Waals surface area contributed by atoms with Gasteiger partial charge in [0.1, 0.15) is 6.04 Å². The predicted molar refractivity (Wildman–Crippen MR) is 110 cm³/mol. The Kier molecular flexibility index (Phi) is 8.98. The van der Waals surface area contributed by atoms with Crippen LogP contribution in [-0.2, 0) is 28.7 Å². The first-order chi connectivity index (χ1) is 14.8. The third-order valence-electron chi connectivity index (χ3n) is 4.56. The van der Waals surface area contributed by atoms with Crippen molar-refractivity contribution in [2.75, 3.05) is 25.2 Å². The van der Waals surface area contributed by atoms with Gasteiger partial charge in [0, 0.05) is 30.5 Å². The molecule has 10 heteroatoms. The zero-order chi connectivity index (χ0) is 22.8. The number of esters is 2. The lowest BCUT2D eigenvalue weighted by atomic mass is 10.1. The first kappa shape index (κ1) is 23.8. The SMILES string of the molecule is CCOC(=O)CC[C@H](NC(=O)c1ccc(NCN2C(=O)CCC2=O)cc1)C(=O)OCC. The number of carbonyl (C=O) groups is 5. The molecule has 1 aromatic rings. The highest BCUT2D eigenvalue weighted by Gasteiger charge is 2.28. The molecule has 1 saturated heterocycles. The van der Waals surface area contributed by atoms with Gasteiger partial charge in [0.2, 0.25) is 11.8 Å². The second-order valence-electron chi connectivity index (χ2n) is 6.75. The fourth-order valence-electron chi connectivity index (χ4n) is 2.94. The number of rotatable bonds is 11. The van der Waals surface area contributed by atoms with Crippen molar-refractivity contribution in [1.82, 2.24) is 10.2 Å². The number of nitrogens with one attached hydrogen (secondary N) is 2. The molecule has 0 aromatic heterocycles. The number of benzene rings is 1. The Labute approximate surface area is 180 Å². The van der Waals surface area contributed by atoms with Gasteiger partial charge in [-0.3, -0.25) is 24.1 Å². The van der Waals surface area contributed by atoms with Gasteiger partial charge < -0.3 is 20.1 Å². The van der Waals surface area contributed by atoms with Gasteiger partial charge in [-0.05, 0) is 44.5 Å². The molecule has 1 atom stereocenters. The first-order valence-corrected chi connectivity index (χ1v) is 10.2. The average Bonchev–Trinajstić information content (AvgIpc) is 3.07. The summed E-state index contributed by atoms with van der Waals surface area (Å²) in [6.07, 6.45) is 0.462. The maximum absolute atomic E-state index is 12.5. The van der Waals surface area contributed by atoms with Crippen molar-refractivity contribution in [2.45, 2.75) is 45.6 Å². The Morgan fingerprint density at radius 2 is 1.61 bits per heavy atom. The summed E-state index contributed by atoms with van der Waals surface area (Å²) in [6.45, 7) is 3.77. The standard InChI is InChI=1S/C21H27N3O7/c1-3-30-19(27)12-9-16(21(29)31-4-2)23-20(28)14-5-7-15(8-6-14)22-13-24-17(25)10-11-18(24)26/h5-8,16,22H,3-4,9-13H2,1-2H3,(H,23,28)/t16-/m0/s1. The Bertz CT molecular complexity index is 807. The van der Waals surface area contributed by atoms with Crippen molar-refractivity contribution < 1.29 is 33.4 Å². The molecule has 1 aliphatic rings. The molecule has 2 N–H and O–H groups in total. The summed E-state index contributed by atoms with van der Waals surface area (Å²) in [5.41, 5.74) is 0.914. The Hall–Kier alpha value is -3.43. The van der Waals surface area contributed by atoms with Crippen molar-refractivity contribution >= 4 is 35.3 Å². The van der Waals surface area contributed by atoms with E-state index in [1.165, 1.54) is 0 Å². The molecule has 0 bridgehead atoms. The summed E-state index contributed by atoms with van der Waals surface area (Å²) in [6, 6.07) is 5.34. The van der Waals surface area contributed by atoms with E-state index in [4.69, 9.17) is 9.47 Å². The number of likely N-dealkylation sites (tertiary alicyclic amines) is 1. The van der Waals surface area contributed by atoms with Gasteiger partial charge in [0.05, 0.1) is 19.9 Å². The summed E-state index contributed by atoms with van der Waals surface area (Å²) in [5, 5.41) is 5.55. The highest BCUT2D eigenvalue weighted by atomic mass is 16.5. The smallest absolute Gasteiger partial charge is 0.328 e. The summed E-state index contributed by atoms with van der Waals surface area (Å²) in [7, 11) is 0. The van der Waals surface area contributed by atoms with Crippen LogP contribution in [0.1, 0.15) is 49.9 Å². The first-order valence-electron chi connectivity index (χ1n) is 10.2. The van der Waals surface area contributed by atoms with Gasteiger partial charge in [-0.25, -0.2) is 4.79 Å². The Balaban J connectivity index is 1.94. The fourth-order valence-corrected chi connectivity index (χ4v) is 2.94. The number of imide groups is 1. The summed E-state index contributed by atoms with van der Waals surface area (Å²) < 4.78 is 9.83. The molecule has 1 heterocycles. The van der Waals surface area contributed by atoms with E-state index in [2.05, 4.69) is 10.6 Å². The molecule has 0 spiro atoms. The van der Waals surface area contributed by atoms with E-state index in [0.29, 0.717) is 11.3 Å². The summed E-state index contributed by atoms with van der Waals surface area (Å²) in [5.74, 6) is -2.03. The van der Waals surface area contributed by atoms with Crippen LogP contribution in [0.2, 0.25) is 0 Å². The topological polar surface area (TPSA) is 131 Å². The largest absolute Gasteiger partial charge is 0.466 e. The van der Waals surface area contributed by atoms with Crippen LogP contribution in [0.25, 0.3) is 0 Å². The maximum Gasteiger partial charge on any atom is 0.328 e. The van der Waals surface area contributed by atoms with Crippen molar-refractivity contribution in [2.24, 2.45) is 0 Å². The van der Waals surface area contributed by atoms with Crippen LogP contribution in [0.5, 0.6) is 0 Å². The predicted octanol–water partition coefficient (Wildman–Crippen LogP) is 1.21. The molecule has 2 rings (SSSR count). The molecule has 0 unspecified atom stereocenters. The number of hydrogen-bond acceptors (Lipinski definition) is 8. The molecule has 31 heavy (non-hydrogen) atoms. The lowest BCUT2D eigenvalue weighted by Gasteiger charge is -2.17. The number of nitrogens with zero attached hydrogens (tertiary/aromatic N) is 1. The summed E-state index contributed by atoms with van der Waals surface area (Å²) in [4.78, 5) is 60.7. The highest BCUT2D eigenvalue weighted by molar-refractivity contribution is 6.02. The molecule has 10 nitrogen and oxygen atoms in total. The van der Waals surface area contributed by atoms with E-state index in [1.54, 1.807) is 38.1 Å². The minimum absolute atomic E-state index is 0.0333. The van der Waals surface area contributed by atoms with E-state index in [0.717, 1.165) is 4.90 Å². The molecular weight excluding hydrogens is 406 g/mol. The number of carbonyl (C=O) groups excluding carboxylic acids is 5. The molecule has 1 aromatic carbocycles. The average molecular weight is 433 g/mol. The zero-order valence-electron chi connectivity index (χ0n) is 17.6. The highest BCUT2D eigenvalue weighted by Crippen LogP contribution is 2.14. The Morgan fingerprint density at radius 1 is 1.00 bits per heavy atom. The van der Waals surface area contributed by atoms with Crippen molar-refractivity contribution in [3.63, 3.8) is 0 Å². The molecular formula is C21H27N3O7. The van der Waals surface area contributed by atoms with E-state index >= 15 is 0 Å². The fraction of sp³-hybridized carbons (Fsp3) is 0.476. The number of hydrogen-bond donors (Lipinski definition) is 2. The van der Waals surface area contributed by atoms with E-state index in [-0.39, 0.29) is 57.4 Å². The van der Waals surface area contributed by atoms with Crippen LogP contribution in [0.15, 0.2) is 24.3 Å². The van der Waals surface area contributed by atoms with Gasteiger partial charge in [-0.15, -0.1) is 0 Å². The van der Waals surface area contributed by atoms with Gasteiger partial charge >= 0.3 is 11.9 Å². The minimum Gasteiger partial charge on any atom is -0.466 e. The molecule has 1 aliphatic heterocycles. The van der Waals surface area contributed by atoms with E-state index < -0.39 is 23.9 Å². The molecule has 1 fully saturated rings. The van der Waals surface area contributed by atoms with E-state index in [1.807, 2.05) is 0 Å². The van der Waals surface area contributed by atoms with Crippen LogP contribution < -0.4 is 10.6 Å². The molecule has 0 aliphatic carbocycles. The number of ether oxygens (including phenoxy) is 2. The maximum atomic E-state index is 12.5. The molecule has 3 amide bonds. The molecule has 0 saturated carbocycles. The minimum atomic E-state index is -0.984.